The molecule has 0 saturated heterocycles. The number of benzene rings is 1. The van der Waals surface area contributed by atoms with E-state index in [2.05, 4.69) is 0 Å². The third-order valence-electron chi connectivity index (χ3n) is 4.02. The summed E-state index contributed by atoms with van der Waals surface area (Å²) in [7, 11) is 0. The zero-order valence-corrected chi connectivity index (χ0v) is 12.1. The molecule has 4 heteroatoms. The van der Waals surface area contributed by atoms with Gasteiger partial charge >= 0.3 is 0 Å². The molecule has 2 atom stereocenters. The Morgan fingerprint density at radius 3 is 2.47 bits per heavy atom. The molecule has 0 aromatic heterocycles. The van der Waals surface area contributed by atoms with Gasteiger partial charge in [-0.25, -0.2) is 4.39 Å². The first-order chi connectivity index (χ1) is 8.59. The molecule has 0 radical (unpaired) electrons. The Bertz CT molecular complexity index is 407. The van der Waals surface area contributed by atoms with Gasteiger partial charge in [0.25, 0.3) is 0 Å². The second-order valence-corrected chi connectivity index (χ2v) is 5.44. The van der Waals surface area contributed by atoms with Crippen LogP contribution in [0.1, 0.15) is 49.3 Å². The Hall–Kier alpha value is -0.640. The van der Waals surface area contributed by atoms with Gasteiger partial charge in [-0.05, 0) is 37.3 Å². The third-order valence-corrected chi connectivity index (χ3v) is 4.02. The molecule has 1 fully saturated rings. The molecule has 2 rings (SSSR count). The van der Waals surface area contributed by atoms with Crippen molar-refractivity contribution in [2.24, 2.45) is 11.7 Å². The van der Waals surface area contributed by atoms with Crippen LogP contribution in [0.15, 0.2) is 18.2 Å². The smallest absolute Gasteiger partial charge is 0.128 e. The molecule has 1 aromatic rings. The predicted molar refractivity (Wildman–Crippen MR) is 77.9 cm³/mol. The van der Waals surface area contributed by atoms with Crippen molar-refractivity contribution in [1.29, 1.82) is 0 Å². The maximum Gasteiger partial charge on any atom is 0.128 e. The van der Waals surface area contributed by atoms with Crippen LogP contribution in [-0.2, 0) is 0 Å². The Labute approximate surface area is 120 Å². The van der Waals surface area contributed by atoms with Crippen molar-refractivity contribution in [1.82, 2.24) is 0 Å². The van der Waals surface area contributed by atoms with Crippen molar-refractivity contribution >= 4 is 12.4 Å². The van der Waals surface area contributed by atoms with E-state index in [9.17, 15) is 9.50 Å². The molecule has 1 aromatic carbocycles. The molecule has 0 heterocycles. The Kier molecular flexibility index (Phi) is 6.24. The van der Waals surface area contributed by atoms with Crippen molar-refractivity contribution in [3.05, 3.63) is 35.1 Å². The SMILES string of the molecule is Cc1ccc([C@H](N)[C@H](O)C2CCCCC2)c(F)c1.Cl. The highest BCUT2D eigenvalue weighted by Gasteiger charge is 2.28. The van der Waals surface area contributed by atoms with E-state index in [1.807, 2.05) is 13.0 Å². The standard InChI is InChI=1S/C15H22FNO.ClH/c1-10-7-8-12(13(16)9-10)14(17)15(18)11-5-3-2-4-6-11;/h7-9,11,14-15,18H,2-6,17H2,1H3;1H/t14-,15+;/m0./s1. The summed E-state index contributed by atoms with van der Waals surface area (Å²) >= 11 is 0. The highest BCUT2D eigenvalue weighted by atomic mass is 35.5. The van der Waals surface area contributed by atoms with E-state index in [-0.39, 0.29) is 24.1 Å². The summed E-state index contributed by atoms with van der Waals surface area (Å²) in [5, 5.41) is 10.3. The first-order valence-corrected chi connectivity index (χ1v) is 6.79. The Balaban J connectivity index is 0.00000180. The predicted octanol–water partition coefficient (Wildman–Crippen LogP) is 3.50. The maximum absolute atomic E-state index is 13.8. The van der Waals surface area contributed by atoms with Crippen LogP contribution in [-0.4, -0.2) is 11.2 Å². The van der Waals surface area contributed by atoms with Crippen LogP contribution in [0.3, 0.4) is 0 Å². The second kappa shape index (κ2) is 7.22. The summed E-state index contributed by atoms with van der Waals surface area (Å²) in [4.78, 5) is 0. The fraction of sp³-hybridized carbons (Fsp3) is 0.600. The van der Waals surface area contributed by atoms with Crippen molar-refractivity contribution in [3.8, 4) is 0 Å². The summed E-state index contributed by atoms with van der Waals surface area (Å²) < 4.78 is 13.8. The molecule has 0 aliphatic heterocycles. The number of halogens is 2. The first kappa shape index (κ1) is 16.4. The minimum atomic E-state index is -0.637. The van der Waals surface area contributed by atoms with Gasteiger partial charge in [-0.2, -0.15) is 0 Å². The van der Waals surface area contributed by atoms with E-state index in [0.717, 1.165) is 31.2 Å². The average molecular weight is 288 g/mol. The van der Waals surface area contributed by atoms with Gasteiger partial charge in [0.2, 0.25) is 0 Å². The van der Waals surface area contributed by atoms with E-state index in [0.29, 0.717) is 5.56 Å². The summed E-state index contributed by atoms with van der Waals surface area (Å²) in [6.07, 6.45) is 4.89. The molecule has 0 unspecified atom stereocenters. The highest BCUT2D eigenvalue weighted by Crippen LogP contribution is 2.32. The molecule has 0 spiro atoms. The molecule has 19 heavy (non-hydrogen) atoms. The van der Waals surface area contributed by atoms with E-state index >= 15 is 0 Å². The van der Waals surface area contributed by atoms with E-state index in [1.54, 1.807) is 6.07 Å². The van der Waals surface area contributed by atoms with Crippen LogP contribution in [0.2, 0.25) is 0 Å². The van der Waals surface area contributed by atoms with Gasteiger partial charge in [0, 0.05) is 5.56 Å². The number of aryl methyl sites for hydroxylation is 1. The number of hydrogen-bond donors (Lipinski definition) is 2. The molecule has 1 aliphatic carbocycles. The third kappa shape index (κ3) is 3.91. The van der Waals surface area contributed by atoms with Crippen LogP contribution in [0, 0.1) is 18.7 Å². The zero-order chi connectivity index (χ0) is 13.1. The van der Waals surface area contributed by atoms with E-state index in [4.69, 9.17) is 5.73 Å². The van der Waals surface area contributed by atoms with E-state index in [1.165, 1.54) is 12.5 Å². The van der Waals surface area contributed by atoms with Gasteiger partial charge in [0.1, 0.15) is 5.82 Å². The number of aliphatic hydroxyl groups is 1. The topological polar surface area (TPSA) is 46.2 Å². The maximum atomic E-state index is 13.8. The summed E-state index contributed by atoms with van der Waals surface area (Å²) in [5.74, 6) is -0.0909. The van der Waals surface area contributed by atoms with Gasteiger partial charge in [-0.1, -0.05) is 31.4 Å². The molecule has 0 amide bonds. The highest BCUT2D eigenvalue weighted by molar-refractivity contribution is 5.85. The van der Waals surface area contributed by atoms with Crippen molar-refractivity contribution in [3.63, 3.8) is 0 Å². The van der Waals surface area contributed by atoms with Crippen LogP contribution in [0.4, 0.5) is 4.39 Å². The lowest BCUT2D eigenvalue weighted by atomic mass is 9.81. The number of hydrogen-bond acceptors (Lipinski definition) is 2. The quantitative estimate of drug-likeness (QED) is 0.894. The van der Waals surface area contributed by atoms with Crippen molar-refractivity contribution in [2.45, 2.75) is 51.2 Å². The van der Waals surface area contributed by atoms with Crippen molar-refractivity contribution < 1.29 is 9.50 Å². The van der Waals surface area contributed by atoms with E-state index < -0.39 is 12.1 Å². The lowest BCUT2D eigenvalue weighted by Gasteiger charge is -2.30. The Morgan fingerprint density at radius 2 is 1.89 bits per heavy atom. The monoisotopic (exact) mass is 287 g/mol. The van der Waals surface area contributed by atoms with Gasteiger partial charge in [0.15, 0.2) is 0 Å². The average Bonchev–Trinajstić information content (AvgIpc) is 2.38. The lowest BCUT2D eigenvalue weighted by Crippen LogP contribution is -2.34. The minimum Gasteiger partial charge on any atom is -0.391 e. The largest absolute Gasteiger partial charge is 0.391 e. The summed E-state index contributed by atoms with van der Waals surface area (Å²) in [5.41, 5.74) is 7.33. The lowest BCUT2D eigenvalue weighted by molar-refractivity contribution is 0.0608. The molecule has 1 aliphatic rings. The first-order valence-electron chi connectivity index (χ1n) is 6.79. The van der Waals surface area contributed by atoms with Gasteiger partial charge in [-0.15, -0.1) is 12.4 Å². The van der Waals surface area contributed by atoms with Gasteiger partial charge < -0.3 is 10.8 Å². The number of rotatable bonds is 3. The van der Waals surface area contributed by atoms with Crippen LogP contribution in [0.25, 0.3) is 0 Å². The summed E-state index contributed by atoms with van der Waals surface area (Å²) in [6.45, 7) is 1.84. The van der Waals surface area contributed by atoms with Gasteiger partial charge in [0.05, 0.1) is 12.1 Å². The summed E-state index contributed by atoms with van der Waals surface area (Å²) in [6, 6.07) is 4.39. The minimum absolute atomic E-state index is 0. The number of aliphatic hydroxyl groups excluding tert-OH is 1. The molecular weight excluding hydrogens is 265 g/mol. The molecule has 2 nitrogen and oxygen atoms in total. The van der Waals surface area contributed by atoms with Gasteiger partial charge in [-0.3, -0.25) is 0 Å². The van der Waals surface area contributed by atoms with Crippen molar-refractivity contribution in [2.75, 3.05) is 0 Å². The second-order valence-electron chi connectivity index (χ2n) is 5.44. The molecular formula is C15H23ClFNO. The number of nitrogens with two attached hydrogens (primary N) is 1. The molecule has 1 saturated carbocycles. The molecule has 3 N–H and O–H groups in total. The zero-order valence-electron chi connectivity index (χ0n) is 11.3. The van der Waals surface area contributed by atoms with Crippen LogP contribution >= 0.6 is 12.4 Å². The molecule has 0 bridgehead atoms. The fourth-order valence-electron chi connectivity index (χ4n) is 2.86. The normalized spacial score (nSPS) is 19.6. The molecule has 108 valence electrons. The van der Waals surface area contributed by atoms with Crippen LogP contribution < -0.4 is 5.73 Å². The van der Waals surface area contributed by atoms with Crippen LogP contribution in [0.5, 0.6) is 0 Å². The fourth-order valence-corrected chi connectivity index (χ4v) is 2.86. The Morgan fingerprint density at radius 1 is 1.26 bits per heavy atom.